The minimum atomic E-state index is 0.506. The zero-order valence-electron chi connectivity index (χ0n) is 11.1. The molecule has 1 N–H and O–H groups in total. The van der Waals surface area contributed by atoms with Crippen molar-refractivity contribution in [2.75, 3.05) is 6.54 Å². The van der Waals surface area contributed by atoms with E-state index in [1.807, 2.05) is 24.4 Å². The highest BCUT2D eigenvalue weighted by Crippen LogP contribution is 2.30. The SMILES string of the molecule is CCNCc1cccc(Br)c1OCc1csc(C)n1. The number of hydrogen-bond acceptors (Lipinski definition) is 4. The molecule has 0 atom stereocenters. The molecule has 102 valence electrons. The molecule has 0 aliphatic rings. The second-order valence-corrected chi connectivity index (χ2v) is 6.07. The van der Waals surface area contributed by atoms with E-state index in [0.29, 0.717) is 6.61 Å². The molecule has 0 unspecified atom stereocenters. The van der Waals surface area contributed by atoms with Crippen LogP contribution in [0.15, 0.2) is 28.1 Å². The van der Waals surface area contributed by atoms with Crippen molar-refractivity contribution in [1.29, 1.82) is 0 Å². The van der Waals surface area contributed by atoms with Crippen molar-refractivity contribution in [2.45, 2.75) is 27.0 Å². The van der Waals surface area contributed by atoms with Gasteiger partial charge in [0.25, 0.3) is 0 Å². The van der Waals surface area contributed by atoms with E-state index in [1.165, 1.54) is 0 Å². The lowest BCUT2D eigenvalue weighted by molar-refractivity contribution is 0.296. The molecule has 0 bridgehead atoms. The summed E-state index contributed by atoms with van der Waals surface area (Å²) in [6.45, 7) is 6.35. The van der Waals surface area contributed by atoms with Crippen LogP contribution in [0.4, 0.5) is 0 Å². The fraction of sp³-hybridized carbons (Fsp3) is 0.357. The number of aryl methyl sites for hydroxylation is 1. The summed E-state index contributed by atoms with van der Waals surface area (Å²) < 4.78 is 6.90. The average molecular weight is 341 g/mol. The summed E-state index contributed by atoms with van der Waals surface area (Å²) in [7, 11) is 0. The predicted octanol–water partition coefficient (Wildman–Crippen LogP) is 3.90. The summed E-state index contributed by atoms with van der Waals surface area (Å²) in [6.07, 6.45) is 0. The summed E-state index contributed by atoms with van der Waals surface area (Å²) >= 11 is 5.19. The van der Waals surface area contributed by atoms with Crippen molar-refractivity contribution in [3.63, 3.8) is 0 Å². The van der Waals surface area contributed by atoms with E-state index >= 15 is 0 Å². The highest BCUT2D eigenvalue weighted by Gasteiger charge is 2.09. The molecular weight excluding hydrogens is 324 g/mol. The van der Waals surface area contributed by atoms with Crippen LogP contribution in [0.2, 0.25) is 0 Å². The van der Waals surface area contributed by atoms with Gasteiger partial charge in [-0.1, -0.05) is 19.1 Å². The first-order chi connectivity index (χ1) is 9.20. The second-order valence-electron chi connectivity index (χ2n) is 4.15. The standard InChI is InChI=1S/C14H17BrN2OS/c1-3-16-7-11-5-4-6-13(15)14(11)18-8-12-9-19-10(2)17-12/h4-6,9,16H,3,7-8H2,1-2H3. The molecule has 0 aliphatic carbocycles. The van der Waals surface area contributed by atoms with E-state index in [2.05, 4.69) is 39.2 Å². The smallest absolute Gasteiger partial charge is 0.138 e. The summed E-state index contributed by atoms with van der Waals surface area (Å²) in [5.74, 6) is 0.897. The molecule has 2 aromatic rings. The fourth-order valence-corrected chi connectivity index (χ4v) is 2.85. The molecule has 0 saturated carbocycles. The maximum Gasteiger partial charge on any atom is 0.138 e. The molecule has 0 radical (unpaired) electrons. The Labute approximate surface area is 126 Å². The van der Waals surface area contributed by atoms with Gasteiger partial charge >= 0.3 is 0 Å². The van der Waals surface area contributed by atoms with Crippen LogP contribution in [0.25, 0.3) is 0 Å². The molecular formula is C14H17BrN2OS. The number of halogens is 1. The van der Waals surface area contributed by atoms with Gasteiger partial charge in [0, 0.05) is 17.5 Å². The van der Waals surface area contributed by atoms with Crippen LogP contribution in [0.5, 0.6) is 5.75 Å². The predicted molar refractivity (Wildman–Crippen MR) is 82.7 cm³/mol. The average Bonchev–Trinajstić information content (AvgIpc) is 2.81. The Morgan fingerprint density at radius 2 is 2.26 bits per heavy atom. The molecule has 0 amide bonds. The van der Waals surface area contributed by atoms with Gasteiger partial charge in [0.05, 0.1) is 15.2 Å². The van der Waals surface area contributed by atoms with Gasteiger partial charge in [-0.3, -0.25) is 0 Å². The van der Waals surface area contributed by atoms with E-state index in [9.17, 15) is 0 Å². The minimum Gasteiger partial charge on any atom is -0.486 e. The Morgan fingerprint density at radius 1 is 1.42 bits per heavy atom. The maximum atomic E-state index is 5.92. The van der Waals surface area contributed by atoms with Crippen molar-refractivity contribution in [3.8, 4) is 5.75 Å². The summed E-state index contributed by atoms with van der Waals surface area (Å²) in [5.41, 5.74) is 2.14. The van der Waals surface area contributed by atoms with Gasteiger partial charge in [-0.25, -0.2) is 4.98 Å². The van der Waals surface area contributed by atoms with Crippen LogP contribution in [-0.4, -0.2) is 11.5 Å². The molecule has 0 spiro atoms. The number of ether oxygens (including phenoxy) is 1. The monoisotopic (exact) mass is 340 g/mol. The number of thiazole rings is 1. The lowest BCUT2D eigenvalue weighted by Crippen LogP contribution is -2.13. The molecule has 19 heavy (non-hydrogen) atoms. The fourth-order valence-electron chi connectivity index (χ4n) is 1.73. The van der Waals surface area contributed by atoms with Crippen LogP contribution in [0.1, 0.15) is 23.2 Å². The van der Waals surface area contributed by atoms with Gasteiger partial charge in [-0.2, -0.15) is 0 Å². The molecule has 2 rings (SSSR count). The maximum absolute atomic E-state index is 5.92. The van der Waals surface area contributed by atoms with E-state index in [4.69, 9.17) is 4.74 Å². The molecule has 0 saturated heterocycles. The number of hydrogen-bond donors (Lipinski definition) is 1. The Morgan fingerprint density at radius 3 is 2.95 bits per heavy atom. The second kappa shape index (κ2) is 7.03. The molecule has 1 aromatic heterocycles. The first-order valence-electron chi connectivity index (χ1n) is 6.22. The van der Waals surface area contributed by atoms with E-state index < -0.39 is 0 Å². The number of nitrogens with one attached hydrogen (secondary N) is 1. The Bertz CT molecular complexity index is 542. The van der Waals surface area contributed by atoms with E-state index in [-0.39, 0.29) is 0 Å². The summed E-state index contributed by atoms with van der Waals surface area (Å²) in [6, 6.07) is 6.10. The highest BCUT2D eigenvalue weighted by atomic mass is 79.9. The lowest BCUT2D eigenvalue weighted by atomic mass is 10.2. The molecule has 3 nitrogen and oxygen atoms in total. The topological polar surface area (TPSA) is 34.1 Å². The third-order valence-corrected chi connectivity index (χ3v) is 4.09. The van der Waals surface area contributed by atoms with Crippen LogP contribution in [0.3, 0.4) is 0 Å². The molecule has 1 heterocycles. The number of rotatable bonds is 6. The van der Waals surface area contributed by atoms with Crippen molar-refractivity contribution in [1.82, 2.24) is 10.3 Å². The Balaban J connectivity index is 2.09. The molecule has 0 aliphatic heterocycles. The van der Waals surface area contributed by atoms with Crippen LogP contribution in [0, 0.1) is 6.92 Å². The lowest BCUT2D eigenvalue weighted by Gasteiger charge is -2.12. The first kappa shape index (κ1) is 14.5. The van der Waals surface area contributed by atoms with Gasteiger partial charge in [-0.05, 0) is 35.5 Å². The van der Waals surface area contributed by atoms with Gasteiger partial charge in [0.15, 0.2) is 0 Å². The molecule has 5 heteroatoms. The van der Waals surface area contributed by atoms with E-state index in [1.54, 1.807) is 11.3 Å². The van der Waals surface area contributed by atoms with Crippen molar-refractivity contribution in [2.24, 2.45) is 0 Å². The quantitative estimate of drug-likeness (QED) is 0.865. The third-order valence-electron chi connectivity index (χ3n) is 2.64. The number of benzene rings is 1. The van der Waals surface area contributed by atoms with Gasteiger partial charge in [0.1, 0.15) is 12.4 Å². The minimum absolute atomic E-state index is 0.506. The van der Waals surface area contributed by atoms with E-state index in [0.717, 1.165) is 39.6 Å². The van der Waals surface area contributed by atoms with Crippen LogP contribution >= 0.6 is 27.3 Å². The van der Waals surface area contributed by atoms with Crippen LogP contribution in [-0.2, 0) is 13.2 Å². The van der Waals surface area contributed by atoms with Crippen molar-refractivity contribution < 1.29 is 4.74 Å². The van der Waals surface area contributed by atoms with Crippen molar-refractivity contribution in [3.05, 3.63) is 44.3 Å². The normalized spacial score (nSPS) is 10.7. The largest absolute Gasteiger partial charge is 0.486 e. The number of para-hydroxylation sites is 1. The van der Waals surface area contributed by atoms with Gasteiger partial charge < -0.3 is 10.1 Å². The molecule has 0 fully saturated rings. The molecule has 1 aromatic carbocycles. The third kappa shape index (κ3) is 4.03. The van der Waals surface area contributed by atoms with Crippen molar-refractivity contribution >= 4 is 27.3 Å². The van der Waals surface area contributed by atoms with Crippen LogP contribution < -0.4 is 10.1 Å². The summed E-state index contributed by atoms with van der Waals surface area (Å²) in [4.78, 5) is 4.41. The number of aromatic nitrogens is 1. The summed E-state index contributed by atoms with van der Waals surface area (Å²) in [5, 5.41) is 6.43. The van der Waals surface area contributed by atoms with Gasteiger partial charge in [0.2, 0.25) is 0 Å². The Hall–Kier alpha value is -0.910. The zero-order valence-corrected chi connectivity index (χ0v) is 13.5. The first-order valence-corrected chi connectivity index (χ1v) is 7.90. The Kier molecular flexibility index (Phi) is 5.36. The zero-order chi connectivity index (χ0) is 13.7. The van der Waals surface area contributed by atoms with Gasteiger partial charge in [-0.15, -0.1) is 11.3 Å². The number of nitrogens with zero attached hydrogens (tertiary/aromatic N) is 1. The highest BCUT2D eigenvalue weighted by molar-refractivity contribution is 9.10.